The van der Waals surface area contributed by atoms with Crippen LogP contribution in [0, 0.1) is 29.6 Å². The minimum absolute atomic E-state index is 0.0254. The molecule has 2 aromatic carbocycles. The molecule has 1 saturated heterocycles. The zero-order chi connectivity index (χ0) is 44.7. The maximum Gasteiger partial charge on any atom is 0.247 e. The predicted molar refractivity (Wildman–Crippen MR) is 242 cm³/mol. The molecular formula is C48H76N6O6. The minimum Gasteiger partial charge on any atom is -0.379 e. The fourth-order valence-corrected chi connectivity index (χ4v) is 8.70. The van der Waals surface area contributed by atoms with Gasteiger partial charge in [-0.15, -0.1) is 0 Å². The first kappa shape index (κ1) is 50.2. The number of benzene rings is 2. The Labute approximate surface area is 361 Å². The third-order valence-corrected chi connectivity index (χ3v) is 12.2. The van der Waals surface area contributed by atoms with E-state index in [0.29, 0.717) is 25.1 Å². The van der Waals surface area contributed by atoms with Crippen LogP contribution in [0.3, 0.4) is 0 Å². The van der Waals surface area contributed by atoms with Crippen LogP contribution in [0.1, 0.15) is 91.7 Å². The monoisotopic (exact) mass is 833 g/mol. The molecule has 12 heteroatoms. The molecule has 1 heterocycles. The summed E-state index contributed by atoms with van der Waals surface area (Å²) < 4.78 is 12.2. The van der Waals surface area contributed by atoms with Crippen molar-refractivity contribution in [2.75, 3.05) is 54.3 Å². The summed E-state index contributed by atoms with van der Waals surface area (Å²) in [5.74, 6) is -0.720. The van der Waals surface area contributed by atoms with Crippen LogP contribution in [0.15, 0.2) is 59.6 Å². The second-order valence-corrected chi connectivity index (χ2v) is 17.6. The fourth-order valence-electron chi connectivity index (χ4n) is 8.70. The third-order valence-electron chi connectivity index (χ3n) is 12.2. The van der Waals surface area contributed by atoms with Crippen LogP contribution in [-0.2, 0) is 41.6 Å². The molecule has 60 heavy (non-hydrogen) atoms. The first-order valence-corrected chi connectivity index (χ1v) is 22.0. The number of methoxy groups -OCH3 is 2. The topological polar surface area (TPSA) is 133 Å². The second kappa shape index (κ2) is 24.3. The average molecular weight is 833 g/mol. The molecule has 0 saturated carbocycles. The number of amides is 3. The summed E-state index contributed by atoms with van der Waals surface area (Å²) >= 11 is 0. The third kappa shape index (κ3) is 13.7. The number of ketones is 1. The number of nitrogens with one attached hydrogen (secondary N) is 2. The number of hydrogen-bond acceptors (Lipinski definition) is 8. The van der Waals surface area contributed by atoms with Gasteiger partial charge in [0.2, 0.25) is 17.7 Å². The Morgan fingerprint density at radius 2 is 1.53 bits per heavy atom. The Morgan fingerprint density at radius 1 is 0.883 bits per heavy atom. The molecule has 0 aromatic heterocycles. The summed E-state index contributed by atoms with van der Waals surface area (Å²) in [6, 6.07) is 16.1. The number of carbonyl (C=O) groups excluding carboxylic acids is 4. The first-order chi connectivity index (χ1) is 28.5. The molecule has 2 N–H and O–H groups in total. The molecule has 1 fully saturated rings. The number of nitrogens with zero attached hydrogens (tertiary/aromatic N) is 4. The lowest BCUT2D eigenvalue weighted by Crippen LogP contribution is -2.54. The van der Waals surface area contributed by atoms with Crippen molar-refractivity contribution in [3.63, 3.8) is 0 Å². The SMILES string of the molecule is CC[C@H](C)[C@@H]([C@@H](CC(=O)N1CCC[C@H]1[C@H](OC)[C@@H](C)C(=O)C[C@@H](Cc1ccccc1)C(=O)Nc1ccc(CNC)cc1)OC)N(C)C(=O)[C@@H](N=C(C(C)C)N(C)C)C(C)C. The zero-order valence-electron chi connectivity index (χ0n) is 38.9. The molecule has 2 aromatic rings. The van der Waals surface area contributed by atoms with Crippen LogP contribution in [0.25, 0.3) is 0 Å². The minimum atomic E-state index is -0.612. The van der Waals surface area contributed by atoms with Crippen molar-refractivity contribution in [3.05, 3.63) is 65.7 Å². The van der Waals surface area contributed by atoms with Crippen molar-refractivity contribution < 1.29 is 28.7 Å². The van der Waals surface area contributed by atoms with E-state index < -0.39 is 30.1 Å². The number of rotatable bonds is 23. The number of carbonyl (C=O) groups is 4. The molecule has 0 bridgehead atoms. The Morgan fingerprint density at radius 3 is 2.07 bits per heavy atom. The van der Waals surface area contributed by atoms with Crippen LogP contribution in [-0.4, -0.2) is 123 Å². The fraction of sp³-hybridized carbons (Fsp3) is 0.646. The van der Waals surface area contributed by atoms with E-state index in [1.165, 1.54) is 0 Å². The van der Waals surface area contributed by atoms with Gasteiger partial charge >= 0.3 is 0 Å². The summed E-state index contributed by atoms with van der Waals surface area (Å²) in [6.45, 7) is 15.4. The summed E-state index contributed by atoms with van der Waals surface area (Å²) in [5, 5.41) is 6.17. The highest BCUT2D eigenvalue weighted by Gasteiger charge is 2.43. The lowest BCUT2D eigenvalue weighted by molar-refractivity contribution is -0.146. The van der Waals surface area contributed by atoms with Gasteiger partial charge in [-0.1, -0.05) is 97.4 Å². The second-order valence-electron chi connectivity index (χ2n) is 17.6. The Balaban J connectivity index is 1.82. The van der Waals surface area contributed by atoms with Crippen molar-refractivity contribution in [2.24, 2.45) is 34.6 Å². The summed E-state index contributed by atoms with van der Waals surface area (Å²) in [7, 11) is 10.8. The molecular weight excluding hydrogens is 757 g/mol. The van der Waals surface area contributed by atoms with Crippen LogP contribution < -0.4 is 10.6 Å². The van der Waals surface area contributed by atoms with Gasteiger partial charge in [0.25, 0.3) is 0 Å². The van der Waals surface area contributed by atoms with Crippen LogP contribution in [0.5, 0.6) is 0 Å². The maximum absolute atomic E-state index is 14.4. The standard InChI is InChI=1S/C48H76N6O6/c1-14-33(6)44(53(11)48(58)43(31(2)3)51-46(32(4)5)52(9)10)41(59-12)29-42(56)54-26-18-21-39(54)45(60-13)34(7)40(55)28-37(27-35-19-16-15-17-20-35)47(57)50-38-24-22-36(23-25-38)30-49-8/h15-17,19-20,22-25,31-34,37,39,41,43-45,49H,14,18,21,26-30H2,1-13H3,(H,50,57)/t33-,34-,37+,39-,41+,43-,44-,45+/m0/s1. The van der Waals surface area contributed by atoms with Gasteiger partial charge in [-0.2, -0.15) is 0 Å². The van der Waals surface area contributed by atoms with Gasteiger partial charge < -0.3 is 34.8 Å². The number of likely N-dealkylation sites (N-methyl/N-ethyl adjacent to an activating group) is 1. The average Bonchev–Trinajstić information content (AvgIpc) is 3.70. The molecule has 0 radical (unpaired) electrons. The van der Waals surface area contributed by atoms with Crippen LogP contribution >= 0.6 is 0 Å². The summed E-state index contributed by atoms with van der Waals surface area (Å²) in [6.07, 6.45) is 1.58. The van der Waals surface area contributed by atoms with Crippen molar-refractivity contribution in [1.82, 2.24) is 20.0 Å². The van der Waals surface area contributed by atoms with Gasteiger partial charge in [-0.25, -0.2) is 0 Å². The number of hydrogen-bond donors (Lipinski definition) is 2. The largest absolute Gasteiger partial charge is 0.379 e. The highest BCUT2D eigenvalue weighted by molar-refractivity contribution is 5.96. The zero-order valence-corrected chi connectivity index (χ0v) is 38.9. The Hall–Kier alpha value is -4.13. The molecule has 3 amide bonds. The van der Waals surface area contributed by atoms with E-state index in [9.17, 15) is 19.2 Å². The highest BCUT2D eigenvalue weighted by Crippen LogP contribution is 2.31. The Bertz CT molecular complexity index is 1670. The smallest absolute Gasteiger partial charge is 0.247 e. The number of aliphatic imine (C=N–C) groups is 1. The number of anilines is 1. The highest BCUT2D eigenvalue weighted by atomic mass is 16.5. The lowest BCUT2D eigenvalue weighted by atomic mass is 9.85. The van der Waals surface area contributed by atoms with Gasteiger partial charge in [-0.3, -0.25) is 24.2 Å². The van der Waals surface area contributed by atoms with Crippen molar-refractivity contribution in [1.29, 1.82) is 0 Å². The molecule has 8 atom stereocenters. The number of Topliss-reactive ketones (excluding diaryl/α,β-unsaturated/α-hetero) is 1. The van der Waals surface area contributed by atoms with Crippen molar-refractivity contribution >= 4 is 35.0 Å². The van der Waals surface area contributed by atoms with E-state index in [1.54, 1.807) is 19.1 Å². The molecule has 1 aliphatic rings. The van der Waals surface area contributed by atoms with E-state index >= 15 is 0 Å². The molecule has 0 unspecified atom stereocenters. The number of likely N-dealkylation sites (tertiary alicyclic amines) is 1. The van der Waals surface area contributed by atoms with Gasteiger partial charge in [0, 0.05) is 78.3 Å². The van der Waals surface area contributed by atoms with Crippen LogP contribution in [0.2, 0.25) is 0 Å². The van der Waals surface area contributed by atoms with E-state index in [4.69, 9.17) is 14.5 Å². The molecule has 334 valence electrons. The predicted octanol–water partition coefficient (Wildman–Crippen LogP) is 6.72. The maximum atomic E-state index is 14.4. The van der Waals surface area contributed by atoms with Gasteiger partial charge in [0.05, 0.1) is 30.7 Å². The number of ether oxygens (including phenoxy) is 2. The van der Waals surface area contributed by atoms with E-state index in [-0.39, 0.29) is 66.2 Å². The van der Waals surface area contributed by atoms with Gasteiger partial charge in [0.15, 0.2) is 0 Å². The normalized spacial score (nSPS) is 18.1. The molecule has 12 nitrogen and oxygen atoms in total. The van der Waals surface area contributed by atoms with Crippen LogP contribution in [0.4, 0.5) is 5.69 Å². The van der Waals surface area contributed by atoms with E-state index in [2.05, 4.69) is 38.3 Å². The van der Waals surface area contributed by atoms with E-state index in [0.717, 1.165) is 36.3 Å². The van der Waals surface area contributed by atoms with Gasteiger partial charge in [0.1, 0.15) is 17.7 Å². The molecule has 0 aliphatic carbocycles. The number of amidine groups is 1. The van der Waals surface area contributed by atoms with Crippen molar-refractivity contribution in [2.45, 2.75) is 124 Å². The summed E-state index contributed by atoms with van der Waals surface area (Å²) in [4.78, 5) is 67.3. The first-order valence-electron chi connectivity index (χ1n) is 22.0. The van der Waals surface area contributed by atoms with Crippen molar-refractivity contribution in [3.8, 4) is 0 Å². The Kier molecular flexibility index (Phi) is 20.4. The quantitative estimate of drug-likeness (QED) is 0.0932. The lowest BCUT2D eigenvalue weighted by Gasteiger charge is -2.40. The van der Waals surface area contributed by atoms with Gasteiger partial charge in [-0.05, 0) is 61.4 Å². The molecule has 1 aliphatic heterocycles. The molecule has 0 spiro atoms. The summed E-state index contributed by atoms with van der Waals surface area (Å²) in [5.41, 5.74) is 2.74. The molecule has 3 rings (SSSR count). The van der Waals surface area contributed by atoms with E-state index in [1.807, 2.05) is 113 Å².